The lowest BCUT2D eigenvalue weighted by molar-refractivity contribution is -0.384. The second kappa shape index (κ2) is 11.4. The summed E-state index contributed by atoms with van der Waals surface area (Å²) >= 11 is 0. The maximum absolute atomic E-state index is 12.3. The van der Waals surface area contributed by atoms with Crippen LogP contribution in [-0.4, -0.2) is 52.3 Å². The fraction of sp³-hybridized carbons (Fsp3) is 0.296. The molecular weight excluding hydrogens is 506 g/mol. The smallest absolute Gasteiger partial charge is 0.334 e. The van der Waals surface area contributed by atoms with Crippen LogP contribution >= 0.6 is 0 Å². The molecule has 39 heavy (non-hydrogen) atoms. The Morgan fingerprint density at radius 2 is 1.87 bits per heavy atom. The number of methoxy groups -OCH3 is 2. The van der Waals surface area contributed by atoms with E-state index < -0.39 is 16.8 Å². The third kappa shape index (κ3) is 5.75. The molecule has 0 saturated heterocycles. The monoisotopic (exact) mass is 535 g/mol. The predicted octanol–water partition coefficient (Wildman–Crippen LogP) is 4.10. The van der Waals surface area contributed by atoms with Gasteiger partial charge in [-0.25, -0.2) is 4.79 Å². The van der Waals surface area contributed by atoms with Crippen LogP contribution in [0.2, 0.25) is 0 Å². The Morgan fingerprint density at radius 3 is 2.54 bits per heavy atom. The molecule has 2 heterocycles. The van der Waals surface area contributed by atoms with Crippen molar-refractivity contribution < 1.29 is 28.8 Å². The minimum atomic E-state index is -1.16. The molecule has 2 N–H and O–H groups in total. The molecule has 12 heteroatoms. The minimum absolute atomic E-state index is 0.0430. The van der Waals surface area contributed by atoms with Gasteiger partial charge in [0.1, 0.15) is 0 Å². The summed E-state index contributed by atoms with van der Waals surface area (Å²) in [6, 6.07) is 11.6. The molecule has 0 spiro atoms. The van der Waals surface area contributed by atoms with Crippen LogP contribution < -0.4 is 14.8 Å². The van der Waals surface area contributed by atoms with Gasteiger partial charge in [-0.1, -0.05) is 23.4 Å². The van der Waals surface area contributed by atoms with Crippen molar-refractivity contribution in [2.45, 2.75) is 32.9 Å². The van der Waals surface area contributed by atoms with Crippen molar-refractivity contribution in [1.29, 1.82) is 0 Å². The van der Waals surface area contributed by atoms with Crippen molar-refractivity contribution in [2.75, 3.05) is 21.3 Å². The number of carboxylic acid groups (broad SMARTS) is 1. The molecule has 0 amide bonds. The zero-order chi connectivity index (χ0) is 28.3. The first kappa shape index (κ1) is 27.3. The van der Waals surface area contributed by atoms with Crippen LogP contribution in [0.4, 0.5) is 5.69 Å². The number of hydrogen-bond donors (Lipinski definition) is 2. The molecule has 0 bridgehead atoms. The molecule has 1 unspecified atom stereocenters. The van der Waals surface area contributed by atoms with Crippen LogP contribution in [0.15, 0.2) is 64.0 Å². The maximum atomic E-state index is 12.3. The van der Waals surface area contributed by atoms with Crippen LogP contribution in [0.25, 0.3) is 5.57 Å². The van der Waals surface area contributed by atoms with Crippen molar-refractivity contribution in [1.82, 2.24) is 20.4 Å². The summed E-state index contributed by atoms with van der Waals surface area (Å²) in [5, 5.41) is 28.7. The van der Waals surface area contributed by atoms with E-state index in [-0.39, 0.29) is 17.2 Å². The van der Waals surface area contributed by atoms with Gasteiger partial charge in [-0.15, -0.1) is 0 Å². The topological polar surface area (TPSA) is 153 Å². The number of rotatable bonds is 10. The van der Waals surface area contributed by atoms with E-state index in [1.807, 2.05) is 30.1 Å². The molecule has 0 saturated carbocycles. The van der Waals surface area contributed by atoms with Gasteiger partial charge in [0, 0.05) is 35.6 Å². The van der Waals surface area contributed by atoms with E-state index in [0.717, 1.165) is 5.56 Å². The lowest BCUT2D eigenvalue weighted by Crippen LogP contribution is -2.27. The highest BCUT2D eigenvalue weighted by Crippen LogP contribution is 2.43. The second-order valence-electron chi connectivity index (χ2n) is 9.17. The normalized spacial score (nSPS) is 15.4. The van der Waals surface area contributed by atoms with Gasteiger partial charge in [-0.2, -0.15) is 4.98 Å². The summed E-state index contributed by atoms with van der Waals surface area (Å²) in [5.41, 5.74) is 2.81. The number of aliphatic carboxylic acids is 1. The van der Waals surface area contributed by atoms with Crippen LogP contribution in [0.1, 0.15) is 42.6 Å². The lowest BCUT2D eigenvalue weighted by Gasteiger charge is -2.29. The molecule has 12 nitrogen and oxygen atoms in total. The van der Waals surface area contributed by atoms with Gasteiger partial charge in [0.25, 0.3) is 11.6 Å². The lowest BCUT2D eigenvalue weighted by atomic mass is 9.80. The first-order chi connectivity index (χ1) is 18.6. The fourth-order valence-corrected chi connectivity index (χ4v) is 4.73. The van der Waals surface area contributed by atoms with E-state index >= 15 is 0 Å². The Labute approximate surface area is 224 Å². The number of nitrogens with one attached hydrogen (secondary N) is 1. The van der Waals surface area contributed by atoms with Gasteiger partial charge in [-0.05, 0) is 44.2 Å². The fourth-order valence-electron chi connectivity index (χ4n) is 4.73. The van der Waals surface area contributed by atoms with Gasteiger partial charge < -0.3 is 24.4 Å². The van der Waals surface area contributed by atoms with Gasteiger partial charge in [0.2, 0.25) is 0 Å². The molecule has 1 aliphatic rings. The molecule has 0 fully saturated rings. The number of benzene rings is 2. The first-order valence-electron chi connectivity index (χ1n) is 12.0. The molecule has 0 radical (unpaired) electrons. The number of nitrogens with zero attached hydrogens (tertiary/aromatic N) is 4. The second-order valence-corrected chi connectivity index (χ2v) is 9.17. The zero-order valence-corrected chi connectivity index (χ0v) is 22.2. The Hall–Kier alpha value is -4.71. The molecule has 0 aliphatic carbocycles. The minimum Gasteiger partial charge on any atom is -0.493 e. The Morgan fingerprint density at radius 1 is 1.13 bits per heavy atom. The number of non-ortho nitro benzene ring substituents is 1. The zero-order valence-electron chi connectivity index (χ0n) is 22.2. The predicted molar refractivity (Wildman–Crippen MR) is 141 cm³/mol. The number of nitro benzene ring substituents is 1. The third-order valence-electron chi connectivity index (χ3n) is 6.42. The Bertz CT molecular complexity index is 1480. The quantitative estimate of drug-likeness (QED) is 0.285. The van der Waals surface area contributed by atoms with Crippen LogP contribution in [0, 0.1) is 10.1 Å². The van der Waals surface area contributed by atoms with E-state index in [2.05, 4.69) is 15.5 Å². The van der Waals surface area contributed by atoms with Crippen LogP contribution in [-0.2, 0) is 17.9 Å². The number of carboxylic acids is 1. The Kier molecular flexibility index (Phi) is 7.96. The summed E-state index contributed by atoms with van der Waals surface area (Å²) in [6.07, 6.45) is 0. The van der Waals surface area contributed by atoms with Gasteiger partial charge >= 0.3 is 5.97 Å². The van der Waals surface area contributed by atoms with Gasteiger partial charge in [-0.3, -0.25) is 15.0 Å². The highest BCUT2D eigenvalue weighted by Gasteiger charge is 2.37. The summed E-state index contributed by atoms with van der Waals surface area (Å²) in [6.45, 7) is 4.33. The van der Waals surface area contributed by atoms with E-state index in [0.29, 0.717) is 52.9 Å². The van der Waals surface area contributed by atoms with Gasteiger partial charge in [0.05, 0.1) is 37.2 Å². The van der Waals surface area contributed by atoms with E-state index in [4.69, 9.17) is 14.0 Å². The molecule has 204 valence electrons. The molecule has 1 atom stereocenters. The van der Waals surface area contributed by atoms with Crippen molar-refractivity contribution in [3.05, 3.63) is 92.4 Å². The van der Waals surface area contributed by atoms with Crippen molar-refractivity contribution >= 4 is 17.2 Å². The molecular formula is C27H29N5O7. The number of hydrogen-bond acceptors (Lipinski definition) is 10. The van der Waals surface area contributed by atoms with Crippen LogP contribution in [0.5, 0.6) is 11.5 Å². The number of nitro groups is 1. The van der Waals surface area contributed by atoms with Crippen molar-refractivity contribution in [3.8, 4) is 11.5 Å². The third-order valence-corrected chi connectivity index (χ3v) is 6.42. The highest BCUT2D eigenvalue weighted by atomic mass is 16.6. The molecule has 1 aliphatic heterocycles. The molecule has 1 aromatic heterocycles. The molecule has 3 aromatic rings. The maximum Gasteiger partial charge on any atom is 0.334 e. The average molecular weight is 536 g/mol. The number of carbonyl (C=O) groups is 1. The number of dihydropyridines is 1. The summed E-state index contributed by atoms with van der Waals surface area (Å²) < 4.78 is 16.3. The summed E-state index contributed by atoms with van der Waals surface area (Å²) in [4.78, 5) is 29.8. The SMILES string of the molecule is COc1ccc(CN(C)Cc2noc(C3=C(C)NC(C)=C(C(=O)O)C3c3cccc([N+](=O)[O-])c3)n2)cc1OC. The van der Waals surface area contributed by atoms with E-state index in [1.54, 1.807) is 34.1 Å². The van der Waals surface area contributed by atoms with Crippen molar-refractivity contribution in [2.24, 2.45) is 0 Å². The van der Waals surface area contributed by atoms with E-state index in [9.17, 15) is 20.0 Å². The first-order valence-corrected chi connectivity index (χ1v) is 12.0. The van der Waals surface area contributed by atoms with Crippen molar-refractivity contribution in [3.63, 3.8) is 0 Å². The van der Waals surface area contributed by atoms with E-state index in [1.165, 1.54) is 18.2 Å². The number of allylic oxidation sites excluding steroid dienone is 3. The Balaban J connectivity index is 1.63. The molecule has 2 aromatic carbocycles. The highest BCUT2D eigenvalue weighted by molar-refractivity contribution is 5.95. The van der Waals surface area contributed by atoms with Gasteiger partial charge in [0.15, 0.2) is 17.3 Å². The standard InChI is InChI=1S/C27H29N5O7/c1-15-23(25(24(27(33)34)16(2)28-15)18-7-6-8-19(12-18)32(35)36)26-29-22(30-39-26)14-31(3)13-17-9-10-20(37-4)21(11-17)38-5/h6-12,25,28H,13-14H2,1-5H3,(H,33,34). The number of ether oxygens (including phenoxy) is 2. The molecule has 4 rings (SSSR count). The number of aromatic nitrogens is 2. The largest absolute Gasteiger partial charge is 0.493 e. The summed E-state index contributed by atoms with van der Waals surface area (Å²) in [7, 11) is 5.06. The summed E-state index contributed by atoms with van der Waals surface area (Å²) in [5.74, 6) is -0.217. The average Bonchev–Trinajstić information content (AvgIpc) is 3.35. The van der Waals surface area contributed by atoms with Crippen LogP contribution in [0.3, 0.4) is 0 Å².